The molecule has 0 aliphatic heterocycles. The van der Waals surface area contributed by atoms with E-state index in [2.05, 4.69) is 4.98 Å². The molecule has 1 heterocycles. The Balaban J connectivity index is 2.04. The average Bonchev–Trinajstić information content (AvgIpc) is 2.97. The van der Waals surface area contributed by atoms with Crippen LogP contribution in [0.4, 0.5) is 0 Å². The minimum Gasteiger partial charge on any atom is -0.282 e. The van der Waals surface area contributed by atoms with E-state index in [1.807, 2.05) is 12.1 Å². The molecular weight excluding hydrogens is 316 g/mol. The van der Waals surface area contributed by atoms with Crippen molar-refractivity contribution in [2.45, 2.75) is 0 Å². The molecule has 0 saturated heterocycles. The first-order chi connectivity index (χ1) is 12.2. The summed E-state index contributed by atoms with van der Waals surface area (Å²) in [4.78, 5) is 28.5. The number of aromatic nitrogens is 1. The van der Waals surface area contributed by atoms with Crippen molar-refractivity contribution < 1.29 is 9.72 Å². The fraction of sp³-hybridized carbons (Fsp3) is 0. The zero-order chi connectivity index (χ0) is 17.4. The Morgan fingerprint density at radius 3 is 2.20 bits per heavy atom. The lowest BCUT2D eigenvalue weighted by atomic mass is 9.97. The normalized spacial score (nSPS) is 13.8. The van der Waals surface area contributed by atoms with Crippen LogP contribution in [0.2, 0.25) is 0 Å². The molecule has 1 aromatic heterocycles. The van der Waals surface area contributed by atoms with E-state index in [0.717, 1.165) is 5.56 Å². The van der Waals surface area contributed by atoms with Gasteiger partial charge in [0.1, 0.15) is 0 Å². The van der Waals surface area contributed by atoms with E-state index in [9.17, 15) is 14.9 Å². The van der Waals surface area contributed by atoms with Gasteiger partial charge in [-0.2, -0.15) is 0 Å². The van der Waals surface area contributed by atoms with Crippen molar-refractivity contribution in [1.29, 1.82) is 0 Å². The van der Waals surface area contributed by atoms with Gasteiger partial charge < -0.3 is 0 Å². The van der Waals surface area contributed by atoms with Crippen LogP contribution in [0.15, 0.2) is 78.6 Å². The molecular formula is C20H12N2O3. The summed E-state index contributed by atoms with van der Waals surface area (Å²) in [5.41, 5.74) is 2.92. The molecule has 120 valence electrons. The number of hydrogen-bond donors (Lipinski definition) is 0. The molecule has 0 saturated carbocycles. The first-order valence-electron chi connectivity index (χ1n) is 7.72. The van der Waals surface area contributed by atoms with E-state index in [1.165, 1.54) is 0 Å². The molecule has 1 aliphatic rings. The van der Waals surface area contributed by atoms with Crippen molar-refractivity contribution in [3.05, 3.63) is 105 Å². The van der Waals surface area contributed by atoms with Crippen molar-refractivity contribution in [1.82, 2.24) is 4.98 Å². The first-order valence-corrected chi connectivity index (χ1v) is 7.72. The number of rotatable bonds is 3. The third-order valence-electron chi connectivity index (χ3n) is 4.20. The molecule has 3 aromatic rings. The maximum atomic E-state index is 12.9. The molecule has 0 radical (unpaired) electrons. The van der Waals surface area contributed by atoms with E-state index < -0.39 is 16.4 Å². The SMILES string of the molecule is O=C(/C(=C1/c2ccccc2-c2ncccc21)[N+](=O)[O-])c1ccccc1. The van der Waals surface area contributed by atoms with Gasteiger partial charge in [0.2, 0.25) is 0 Å². The lowest BCUT2D eigenvalue weighted by Gasteiger charge is -2.05. The summed E-state index contributed by atoms with van der Waals surface area (Å²) in [6, 6.07) is 19.1. The number of fused-ring (bicyclic) bond motifs is 3. The highest BCUT2D eigenvalue weighted by Gasteiger charge is 2.36. The fourth-order valence-corrected chi connectivity index (χ4v) is 3.14. The van der Waals surface area contributed by atoms with E-state index in [4.69, 9.17) is 0 Å². The number of hydrogen-bond acceptors (Lipinski definition) is 4. The largest absolute Gasteiger partial charge is 0.325 e. The van der Waals surface area contributed by atoms with Crippen LogP contribution in [0.25, 0.3) is 16.8 Å². The molecule has 0 bridgehead atoms. The van der Waals surface area contributed by atoms with Gasteiger partial charge in [-0.1, -0.05) is 60.7 Å². The molecule has 4 rings (SSSR count). The van der Waals surface area contributed by atoms with E-state index in [-0.39, 0.29) is 5.56 Å². The molecule has 0 spiro atoms. The van der Waals surface area contributed by atoms with Crippen LogP contribution in [0.5, 0.6) is 0 Å². The van der Waals surface area contributed by atoms with Gasteiger partial charge in [-0.15, -0.1) is 0 Å². The quantitative estimate of drug-likeness (QED) is 0.247. The molecule has 0 fully saturated rings. The second-order valence-electron chi connectivity index (χ2n) is 5.62. The van der Waals surface area contributed by atoms with E-state index in [1.54, 1.807) is 60.8 Å². The smallest absolute Gasteiger partial charge is 0.282 e. The van der Waals surface area contributed by atoms with Crippen LogP contribution >= 0.6 is 0 Å². The molecule has 0 amide bonds. The van der Waals surface area contributed by atoms with Crippen LogP contribution < -0.4 is 0 Å². The number of nitro groups is 1. The van der Waals surface area contributed by atoms with Gasteiger partial charge >= 0.3 is 5.70 Å². The minimum atomic E-state index is -0.605. The number of pyridine rings is 1. The number of nitrogens with zero attached hydrogens (tertiary/aromatic N) is 2. The molecule has 0 N–H and O–H groups in total. The summed E-state index contributed by atoms with van der Waals surface area (Å²) >= 11 is 0. The Kier molecular flexibility index (Phi) is 3.47. The molecule has 5 nitrogen and oxygen atoms in total. The third kappa shape index (κ3) is 2.33. The summed E-state index contributed by atoms with van der Waals surface area (Å²) in [7, 11) is 0. The topological polar surface area (TPSA) is 73.1 Å². The van der Waals surface area contributed by atoms with Crippen LogP contribution in [0.1, 0.15) is 21.5 Å². The Hall–Kier alpha value is -3.60. The summed E-state index contributed by atoms with van der Waals surface area (Å²) in [5, 5.41) is 11.8. The molecule has 1 aliphatic carbocycles. The van der Waals surface area contributed by atoms with Gasteiger partial charge in [0.15, 0.2) is 0 Å². The lowest BCUT2D eigenvalue weighted by Crippen LogP contribution is -2.14. The molecule has 0 unspecified atom stereocenters. The van der Waals surface area contributed by atoms with Gasteiger partial charge in [-0.3, -0.25) is 19.9 Å². The average molecular weight is 328 g/mol. The monoisotopic (exact) mass is 328 g/mol. The van der Waals surface area contributed by atoms with Crippen LogP contribution in [-0.2, 0) is 0 Å². The zero-order valence-corrected chi connectivity index (χ0v) is 13.0. The number of allylic oxidation sites excluding steroid dienone is 1. The Bertz CT molecular complexity index is 992. The Morgan fingerprint density at radius 2 is 1.48 bits per heavy atom. The standard InChI is InChI=1S/C20H12N2O3/c23-20(13-7-2-1-3-8-13)19(22(24)25)17-14-9-4-5-10-15(14)18-16(17)11-6-12-21-18/h1-12H/b19-17+. The lowest BCUT2D eigenvalue weighted by molar-refractivity contribution is -0.415. The second-order valence-corrected chi connectivity index (χ2v) is 5.62. The van der Waals surface area contributed by atoms with Gasteiger partial charge in [0, 0.05) is 22.9 Å². The highest BCUT2D eigenvalue weighted by molar-refractivity contribution is 6.16. The minimum absolute atomic E-state index is 0.288. The van der Waals surface area contributed by atoms with Crippen LogP contribution in [-0.4, -0.2) is 15.7 Å². The Labute approximate surface area is 143 Å². The second kappa shape index (κ2) is 5.79. The first kappa shape index (κ1) is 15.0. The van der Waals surface area contributed by atoms with Crippen molar-refractivity contribution in [3.8, 4) is 11.3 Å². The number of carbonyl (C=O) groups is 1. The van der Waals surface area contributed by atoms with Gasteiger partial charge in [0.05, 0.1) is 16.2 Å². The number of Topliss-reactive ketones (excluding diaryl/α,β-unsaturated/α-hetero) is 1. The predicted molar refractivity (Wildman–Crippen MR) is 93.5 cm³/mol. The van der Waals surface area contributed by atoms with Crippen molar-refractivity contribution in [2.75, 3.05) is 0 Å². The van der Waals surface area contributed by atoms with Crippen molar-refractivity contribution in [3.63, 3.8) is 0 Å². The highest BCUT2D eigenvalue weighted by atomic mass is 16.6. The number of benzene rings is 2. The maximum absolute atomic E-state index is 12.9. The molecule has 5 heteroatoms. The fourth-order valence-electron chi connectivity index (χ4n) is 3.14. The number of ketones is 1. The Morgan fingerprint density at radius 1 is 0.840 bits per heavy atom. The zero-order valence-electron chi connectivity index (χ0n) is 13.0. The highest BCUT2D eigenvalue weighted by Crippen LogP contribution is 2.44. The van der Waals surface area contributed by atoms with Gasteiger partial charge in [-0.25, -0.2) is 0 Å². The summed E-state index contributed by atoms with van der Waals surface area (Å²) in [6.45, 7) is 0. The third-order valence-corrected chi connectivity index (χ3v) is 4.20. The number of carbonyl (C=O) groups excluding carboxylic acids is 1. The van der Waals surface area contributed by atoms with Gasteiger partial charge in [-0.05, 0) is 11.6 Å². The van der Waals surface area contributed by atoms with Crippen molar-refractivity contribution in [2.24, 2.45) is 0 Å². The van der Waals surface area contributed by atoms with Gasteiger partial charge in [0.25, 0.3) is 5.78 Å². The van der Waals surface area contributed by atoms with Crippen molar-refractivity contribution >= 4 is 11.4 Å². The maximum Gasteiger partial charge on any atom is 0.325 e. The van der Waals surface area contributed by atoms with Crippen LogP contribution in [0.3, 0.4) is 0 Å². The van der Waals surface area contributed by atoms with Crippen LogP contribution in [0, 0.1) is 10.1 Å². The molecule has 2 aromatic carbocycles. The van der Waals surface area contributed by atoms with E-state index in [0.29, 0.717) is 22.4 Å². The summed E-state index contributed by atoms with van der Waals surface area (Å²) in [6.07, 6.45) is 1.64. The molecule has 25 heavy (non-hydrogen) atoms. The van der Waals surface area contributed by atoms with E-state index >= 15 is 0 Å². The summed E-state index contributed by atoms with van der Waals surface area (Å²) < 4.78 is 0. The predicted octanol–water partition coefficient (Wildman–Crippen LogP) is 3.98. The summed E-state index contributed by atoms with van der Waals surface area (Å²) in [5.74, 6) is -0.605. The molecule has 0 atom stereocenters.